The predicted molar refractivity (Wildman–Crippen MR) is 111 cm³/mol. The molecular formula is C21H31N5O2. The summed E-state index contributed by atoms with van der Waals surface area (Å²) < 4.78 is 8.09. The maximum atomic E-state index is 12.5. The minimum Gasteiger partial charge on any atom is -0.488 e. The van der Waals surface area contributed by atoms with Crippen LogP contribution in [-0.4, -0.2) is 53.0 Å². The Morgan fingerprint density at radius 3 is 2.68 bits per heavy atom. The maximum absolute atomic E-state index is 12.5. The highest BCUT2D eigenvalue weighted by Crippen LogP contribution is 2.27. The summed E-state index contributed by atoms with van der Waals surface area (Å²) >= 11 is 0. The van der Waals surface area contributed by atoms with E-state index in [9.17, 15) is 4.79 Å². The van der Waals surface area contributed by atoms with Crippen LogP contribution in [0.25, 0.3) is 0 Å². The standard InChI is InChI=1S/C21H31N5O2/c1-15-13-17(3)26(24-15)14-16(2)22-21(27)23-19-7-5-6-8-20(19)28-18-9-11-25(4)12-10-18/h5-8,13,16,18H,9-12,14H2,1-4H3,(H2,22,23,27)/t16-/m1/s1. The van der Waals surface area contributed by atoms with Gasteiger partial charge < -0.3 is 20.3 Å². The van der Waals surface area contributed by atoms with E-state index in [-0.39, 0.29) is 18.2 Å². The Hall–Kier alpha value is -2.54. The highest BCUT2D eigenvalue weighted by Gasteiger charge is 2.20. The van der Waals surface area contributed by atoms with Gasteiger partial charge in [-0.15, -0.1) is 0 Å². The molecule has 2 aromatic rings. The van der Waals surface area contributed by atoms with E-state index in [1.165, 1.54) is 0 Å². The molecule has 1 atom stereocenters. The summed E-state index contributed by atoms with van der Waals surface area (Å²) in [6.45, 7) is 8.64. The topological polar surface area (TPSA) is 71.4 Å². The van der Waals surface area contributed by atoms with Crippen LogP contribution in [0.4, 0.5) is 10.5 Å². The molecule has 0 aliphatic carbocycles. The van der Waals surface area contributed by atoms with Crippen LogP contribution in [0.1, 0.15) is 31.2 Å². The number of hydrogen-bond donors (Lipinski definition) is 2. The Morgan fingerprint density at radius 1 is 1.29 bits per heavy atom. The first-order chi connectivity index (χ1) is 13.4. The molecule has 1 aromatic heterocycles. The second-order valence-electron chi connectivity index (χ2n) is 7.73. The van der Waals surface area contributed by atoms with Gasteiger partial charge in [-0.1, -0.05) is 12.1 Å². The molecule has 1 aliphatic heterocycles. The molecule has 2 heterocycles. The van der Waals surface area contributed by atoms with Crippen molar-refractivity contribution in [2.75, 3.05) is 25.5 Å². The number of piperidine rings is 1. The third kappa shape index (κ3) is 5.48. The Labute approximate surface area is 167 Å². The third-order valence-electron chi connectivity index (χ3n) is 5.02. The van der Waals surface area contributed by atoms with Gasteiger partial charge in [0.05, 0.1) is 17.9 Å². The molecule has 0 unspecified atom stereocenters. The molecule has 2 N–H and O–H groups in total. The van der Waals surface area contributed by atoms with Crippen molar-refractivity contribution in [1.82, 2.24) is 20.0 Å². The van der Waals surface area contributed by atoms with Crippen molar-refractivity contribution in [2.45, 2.75) is 52.3 Å². The van der Waals surface area contributed by atoms with Gasteiger partial charge in [0.25, 0.3) is 0 Å². The minimum atomic E-state index is -0.242. The van der Waals surface area contributed by atoms with Crippen molar-refractivity contribution < 1.29 is 9.53 Å². The number of anilines is 1. The van der Waals surface area contributed by atoms with Crippen molar-refractivity contribution >= 4 is 11.7 Å². The quantitative estimate of drug-likeness (QED) is 0.801. The lowest BCUT2D eigenvalue weighted by molar-refractivity contribution is 0.115. The van der Waals surface area contributed by atoms with Crippen LogP contribution in [0.2, 0.25) is 0 Å². The van der Waals surface area contributed by atoms with Gasteiger partial charge in [-0.05, 0) is 58.9 Å². The summed E-state index contributed by atoms with van der Waals surface area (Å²) in [6, 6.07) is 9.34. The lowest BCUT2D eigenvalue weighted by Crippen LogP contribution is -2.39. The van der Waals surface area contributed by atoms with Gasteiger partial charge in [-0.25, -0.2) is 4.79 Å². The van der Waals surface area contributed by atoms with Gasteiger partial charge in [-0.2, -0.15) is 5.10 Å². The Balaban J connectivity index is 1.55. The van der Waals surface area contributed by atoms with Crippen molar-refractivity contribution in [1.29, 1.82) is 0 Å². The SMILES string of the molecule is Cc1cc(C)n(C[C@@H](C)NC(=O)Nc2ccccc2OC2CCN(C)CC2)n1. The second-order valence-corrected chi connectivity index (χ2v) is 7.73. The van der Waals surface area contributed by atoms with Crippen LogP contribution in [0, 0.1) is 13.8 Å². The van der Waals surface area contributed by atoms with Crippen LogP contribution < -0.4 is 15.4 Å². The molecule has 7 heteroatoms. The summed E-state index contributed by atoms with van der Waals surface area (Å²) in [5, 5.41) is 10.4. The fourth-order valence-corrected chi connectivity index (χ4v) is 3.50. The van der Waals surface area contributed by atoms with Crippen LogP contribution in [0.15, 0.2) is 30.3 Å². The van der Waals surface area contributed by atoms with Gasteiger partial charge in [0.1, 0.15) is 11.9 Å². The highest BCUT2D eigenvalue weighted by atomic mass is 16.5. The molecule has 2 amide bonds. The average Bonchev–Trinajstić information content (AvgIpc) is 2.95. The molecular weight excluding hydrogens is 354 g/mol. The summed E-state index contributed by atoms with van der Waals surface area (Å²) in [7, 11) is 2.13. The predicted octanol–water partition coefficient (Wildman–Crippen LogP) is 3.18. The normalized spacial score (nSPS) is 16.6. The first kappa shape index (κ1) is 20.2. The number of likely N-dealkylation sites (tertiary alicyclic amines) is 1. The molecule has 0 spiro atoms. The third-order valence-corrected chi connectivity index (χ3v) is 5.02. The second kappa shape index (κ2) is 9.10. The number of amides is 2. The number of carbonyl (C=O) groups is 1. The number of rotatable bonds is 6. The average molecular weight is 386 g/mol. The van der Waals surface area contributed by atoms with E-state index in [1.54, 1.807) is 0 Å². The van der Waals surface area contributed by atoms with Crippen LogP contribution in [0.3, 0.4) is 0 Å². The zero-order chi connectivity index (χ0) is 20.1. The lowest BCUT2D eigenvalue weighted by Gasteiger charge is -2.30. The fourth-order valence-electron chi connectivity index (χ4n) is 3.50. The van der Waals surface area contributed by atoms with Gasteiger partial charge in [0.15, 0.2) is 0 Å². The molecule has 152 valence electrons. The molecule has 0 bridgehead atoms. The Bertz CT molecular complexity index is 796. The molecule has 7 nitrogen and oxygen atoms in total. The minimum absolute atomic E-state index is 0.0556. The van der Waals surface area contributed by atoms with Crippen LogP contribution >= 0.6 is 0 Å². The number of carbonyl (C=O) groups excluding carboxylic acids is 1. The number of ether oxygens (including phenoxy) is 1. The van der Waals surface area contributed by atoms with Crippen LogP contribution in [0.5, 0.6) is 5.75 Å². The largest absolute Gasteiger partial charge is 0.488 e. The molecule has 1 fully saturated rings. The van der Waals surface area contributed by atoms with Crippen LogP contribution in [-0.2, 0) is 6.54 Å². The molecule has 0 saturated carbocycles. The van der Waals surface area contributed by atoms with Gasteiger partial charge in [0, 0.05) is 24.8 Å². The molecule has 0 radical (unpaired) electrons. The number of hydrogen-bond acceptors (Lipinski definition) is 4. The van der Waals surface area contributed by atoms with E-state index < -0.39 is 0 Å². The monoisotopic (exact) mass is 385 g/mol. The number of nitrogens with zero attached hydrogens (tertiary/aromatic N) is 3. The maximum Gasteiger partial charge on any atom is 0.319 e. The van der Waals surface area contributed by atoms with Gasteiger partial charge in [-0.3, -0.25) is 4.68 Å². The number of aromatic nitrogens is 2. The Morgan fingerprint density at radius 2 is 2.00 bits per heavy atom. The van der Waals surface area contributed by atoms with E-state index in [4.69, 9.17) is 4.74 Å². The smallest absolute Gasteiger partial charge is 0.319 e. The fraction of sp³-hybridized carbons (Fsp3) is 0.524. The van der Waals surface area contributed by atoms with Gasteiger partial charge in [0.2, 0.25) is 0 Å². The molecule has 1 aliphatic rings. The first-order valence-electron chi connectivity index (χ1n) is 9.93. The zero-order valence-electron chi connectivity index (χ0n) is 17.2. The number of benzene rings is 1. The van der Waals surface area contributed by atoms with E-state index >= 15 is 0 Å². The lowest BCUT2D eigenvalue weighted by atomic mass is 10.1. The summed E-state index contributed by atoms with van der Waals surface area (Å²) in [5.74, 6) is 0.721. The molecule has 3 rings (SSSR count). The van der Waals surface area contributed by atoms with E-state index in [0.717, 1.165) is 43.1 Å². The van der Waals surface area contributed by atoms with Crippen molar-refractivity contribution in [3.8, 4) is 5.75 Å². The molecule has 1 saturated heterocycles. The highest BCUT2D eigenvalue weighted by molar-refractivity contribution is 5.91. The number of urea groups is 1. The first-order valence-corrected chi connectivity index (χ1v) is 9.93. The summed E-state index contributed by atoms with van der Waals surface area (Å²) in [4.78, 5) is 14.8. The molecule has 1 aromatic carbocycles. The molecule has 28 heavy (non-hydrogen) atoms. The van der Waals surface area contributed by atoms with E-state index in [2.05, 4.69) is 27.7 Å². The van der Waals surface area contributed by atoms with Gasteiger partial charge >= 0.3 is 6.03 Å². The summed E-state index contributed by atoms with van der Waals surface area (Å²) in [5.41, 5.74) is 2.76. The zero-order valence-corrected chi connectivity index (χ0v) is 17.2. The van der Waals surface area contributed by atoms with Crippen molar-refractivity contribution in [3.63, 3.8) is 0 Å². The van der Waals surface area contributed by atoms with Crippen molar-refractivity contribution in [3.05, 3.63) is 41.7 Å². The van der Waals surface area contributed by atoms with E-state index in [1.807, 2.05) is 55.8 Å². The summed E-state index contributed by atoms with van der Waals surface area (Å²) in [6.07, 6.45) is 2.18. The number of aryl methyl sites for hydroxylation is 2. The van der Waals surface area contributed by atoms with E-state index in [0.29, 0.717) is 12.2 Å². The van der Waals surface area contributed by atoms with Crippen molar-refractivity contribution in [2.24, 2.45) is 0 Å². The number of para-hydroxylation sites is 2. The Kier molecular flexibility index (Phi) is 6.57. The number of nitrogens with one attached hydrogen (secondary N) is 2.